The smallest absolute Gasteiger partial charge is 0.317 e. The first-order chi connectivity index (χ1) is 13.2. The van der Waals surface area contributed by atoms with Gasteiger partial charge in [-0.1, -0.05) is 57.9 Å². The van der Waals surface area contributed by atoms with E-state index in [2.05, 4.69) is 56.5 Å². The minimum Gasteiger partial charge on any atom is -0.333 e. The zero-order valence-electron chi connectivity index (χ0n) is 16.6. The van der Waals surface area contributed by atoms with Gasteiger partial charge in [-0.25, -0.2) is 4.79 Å². The molecule has 0 radical (unpaired) electrons. The van der Waals surface area contributed by atoms with Crippen LogP contribution < -0.4 is 5.32 Å². The number of rotatable bonds is 3. The molecule has 1 aliphatic heterocycles. The second-order valence-corrected chi connectivity index (χ2v) is 9.50. The molecule has 6 heteroatoms. The Balaban J connectivity index is 1.80. The molecule has 3 rings (SSSR count). The predicted molar refractivity (Wildman–Crippen MR) is 119 cm³/mol. The van der Waals surface area contributed by atoms with E-state index in [1.807, 2.05) is 43.9 Å². The molecule has 150 valence electrons. The first-order valence-electron chi connectivity index (χ1n) is 9.55. The largest absolute Gasteiger partial charge is 0.333 e. The molecule has 4 nitrogen and oxygen atoms in total. The van der Waals surface area contributed by atoms with Gasteiger partial charge in [-0.3, -0.25) is 4.90 Å². The highest BCUT2D eigenvalue weighted by Crippen LogP contribution is 2.34. The molecular formula is C22H27BrClN3O. The number of piperazine rings is 1. The fourth-order valence-electron chi connectivity index (χ4n) is 3.51. The minimum atomic E-state index is -0.230. The van der Waals surface area contributed by atoms with Crippen LogP contribution in [0.5, 0.6) is 0 Å². The van der Waals surface area contributed by atoms with Crippen LogP contribution >= 0.6 is 27.5 Å². The topological polar surface area (TPSA) is 35.6 Å². The maximum atomic E-state index is 12.5. The number of urea groups is 1. The fourth-order valence-corrected chi connectivity index (χ4v) is 4.02. The zero-order chi connectivity index (χ0) is 20.3. The van der Waals surface area contributed by atoms with E-state index in [-0.39, 0.29) is 17.6 Å². The number of carbonyl (C=O) groups excluding carboxylic acids is 1. The van der Waals surface area contributed by atoms with Gasteiger partial charge in [0.15, 0.2) is 0 Å². The van der Waals surface area contributed by atoms with E-state index in [0.29, 0.717) is 13.1 Å². The van der Waals surface area contributed by atoms with Crippen LogP contribution in [0.3, 0.4) is 0 Å². The summed E-state index contributed by atoms with van der Waals surface area (Å²) in [6.45, 7) is 8.98. The van der Waals surface area contributed by atoms with Crippen molar-refractivity contribution in [3.8, 4) is 0 Å². The summed E-state index contributed by atoms with van der Waals surface area (Å²) in [5, 5.41) is 3.82. The summed E-state index contributed by atoms with van der Waals surface area (Å²) in [6.07, 6.45) is 0. The molecule has 1 fully saturated rings. The quantitative estimate of drug-likeness (QED) is 0.667. The van der Waals surface area contributed by atoms with Crippen molar-refractivity contribution in [2.45, 2.75) is 32.4 Å². The second-order valence-electron chi connectivity index (χ2n) is 8.18. The van der Waals surface area contributed by atoms with E-state index in [1.54, 1.807) is 0 Å². The SMILES string of the molecule is CC(C)(C)NC(=O)N1CCN(C(c2ccc(Br)cc2)c2ccccc2Cl)CC1. The third-order valence-electron chi connectivity index (χ3n) is 4.83. The number of hydrogen-bond acceptors (Lipinski definition) is 2. The van der Waals surface area contributed by atoms with Gasteiger partial charge in [-0.05, 0) is 50.1 Å². The molecule has 1 heterocycles. The Morgan fingerprint density at radius 2 is 1.64 bits per heavy atom. The third kappa shape index (κ3) is 5.28. The molecule has 1 aliphatic rings. The van der Waals surface area contributed by atoms with Crippen molar-refractivity contribution < 1.29 is 4.79 Å². The summed E-state index contributed by atoms with van der Waals surface area (Å²) in [7, 11) is 0. The van der Waals surface area contributed by atoms with E-state index in [9.17, 15) is 4.79 Å². The van der Waals surface area contributed by atoms with Gasteiger partial charge in [-0.2, -0.15) is 0 Å². The molecule has 2 aromatic rings. The molecule has 0 saturated carbocycles. The number of benzene rings is 2. The maximum absolute atomic E-state index is 12.5. The van der Waals surface area contributed by atoms with Gasteiger partial charge in [0.05, 0.1) is 6.04 Å². The number of hydrogen-bond donors (Lipinski definition) is 1. The lowest BCUT2D eigenvalue weighted by atomic mass is 9.96. The maximum Gasteiger partial charge on any atom is 0.317 e. The normalized spacial score (nSPS) is 16.7. The molecule has 28 heavy (non-hydrogen) atoms. The summed E-state index contributed by atoms with van der Waals surface area (Å²) in [4.78, 5) is 16.8. The number of carbonyl (C=O) groups is 1. The Kier molecular flexibility index (Phi) is 6.69. The van der Waals surface area contributed by atoms with Crippen LogP contribution in [0, 0.1) is 0 Å². The number of amides is 2. The molecular weight excluding hydrogens is 438 g/mol. The average molecular weight is 465 g/mol. The highest BCUT2D eigenvalue weighted by molar-refractivity contribution is 9.10. The van der Waals surface area contributed by atoms with Gasteiger partial charge in [-0.15, -0.1) is 0 Å². The van der Waals surface area contributed by atoms with Crippen LogP contribution in [-0.4, -0.2) is 47.5 Å². The fraction of sp³-hybridized carbons (Fsp3) is 0.409. The predicted octanol–water partition coefficient (Wildman–Crippen LogP) is 5.32. The Morgan fingerprint density at radius 3 is 2.21 bits per heavy atom. The van der Waals surface area contributed by atoms with E-state index in [0.717, 1.165) is 28.1 Å². The average Bonchev–Trinajstić information content (AvgIpc) is 2.64. The standard InChI is InChI=1S/C22H27BrClN3O/c1-22(2,3)25-21(28)27-14-12-26(13-15-27)20(16-8-10-17(23)11-9-16)18-6-4-5-7-19(18)24/h4-11,20H,12-15H2,1-3H3,(H,25,28). The van der Waals surface area contributed by atoms with Gasteiger partial charge >= 0.3 is 6.03 Å². The summed E-state index contributed by atoms with van der Waals surface area (Å²) >= 11 is 10.1. The lowest BCUT2D eigenvalue weighted by Gasteiger charge is -2.40. The Bertz CT molecular complexity index is 811. The lowest BCUT2D eigenvalue weighted by Crippen LogP contribution is -2.55. The van der Waals surface area contributed by atoms with Crippen molar-refractivity contribution >= 4 is 33.6 Å². The summed E-state index contributed by atoms with van der Waals surface area (Å²) < 4.78 is 1.05. The first kappa shape index (κ1) is 21.2. The van der Waals surface area contributed by atoms with Crippen molar-refractivity contribution in [2.75, 3.05) is 26.2 Å². The molecule has 0 spiro atoms. The van der Waals surface area contributed by atoms with E-state index in [1.165, 1.54) is 5.56 Å². The number of halogens is 2. The molecule has 1 atom stereocenters. The Hall–Kier alpha value is -1.56. The van der Waals surface area contributed by atoms with Crippen LogP contribution in [0.25, 0.3) is 0 Å². The van der Waals surface area contributed by atoms with Crippen molar-refractivity contribution in [3.05, 3.63) is 69.2 Å². The highest BCUT2D eigenvalue weighted by atomic mass is 79.9. The number of nitrogens with one attached hydrogen (secondary N) is 1. The monoisotopic (exact) mass is 463 g/mol. The Morgan fingerprint density at radius 1 is 1.04 bits per heavy atom. The second kappa shape index (κ2) is 8.85. The summed E-state index contributed by atoms with van der Waals surface area (Å²) in [5.74, 6) is 0. The molecule has 1 N–H and O–H groups in total. The van der Waals surface area contributed by atoms with Crippen molar-refractivity contribution in [2.24, 2.45) is 0 Å². The highest BCUT2D eigenvalue weighted by Gasteiger charge is 2.30. The van der Waals surface area contributed by atoms with Gasteiger partial charge in [0, 0.05) is 41.2 Å². The molecule has 0 aromatic heterocycles. The van der Waals surface area contributed by atoms with E-state index in [4.69, 9.17) is 11.6 Å². The van der Waals surface area contributed by atoms with Gasteiger partial charge in [0.25, 0.3) is 0 Å². The molecule has 2 amide bonds. The van der Waals surface area contributed by atoms with Crippen LogP contribution in [-0.2, 0) is 0 Å². The molecule has 0 aliphatic carbocycles. The molecule has 0 bridgehead atoms. The number of nitrogens with zero attached hydrogens (tertiary/aromatic N) is 2. The zero-order valence-corrected chi connectivity index (χ0v) is 18.9. The minimum absolute atomic E-state index is 0.00471. The van der Waals surface area contributed by atoms with Crippen molar-refractivity contribution in [1.29, 1.82) is 0 Å². The van der Waals surface area contributed by atoms with Crippen molar-refractivity contribution in [1.82, 2.24) is 15.1 Å². The molecule has 1 unspecified atom stereocenters. The lowest BCUT2D eigenvalue weighted by molar-refractivity contribution is 0.117. The van der Waals surface area contributed by atoms with Gasteiger partial charge in [0.1, 0.15) is 0 Å². The third-order valence-corrected chi connectivity index (χ3v) is 5.71. The first-order valence-corrected chi connectivity index (χ1v) is 10.7. The van der Waals surface area contributed by atoms with Crippen LogP contribution in [0.15, 0.2) is 53.0 Å². The van der Waals surface area contributed by atoms with E-state index < -0.39 is 0 Å². The summed E-state index contributed by atoms with van der Waals surface area (Å²) in [6, 6.07) is 16.5. The summed E-state index contributed by atoms with van der Waals surface area (Å²) in [5.41, 5.74) is 2.06. The van der Waals surface area contributed by atoms with Gasteiger partial charge < -0.3 is 10.2 Å². The molecule has 1 saturated heterocycles. The van der Waals surface area contributed by atoms with Gasteiger partial charge in [0.2, 0.25) is 0 Å². The Labute approximate surface area is 181 Å². The van der Waals surface area contributed by atoms with Crippen LogP contribution in [0.1, 0.15) is 37.9 Å². The van der Waals surface area contributed by atoms with Crippen LogP contribution in [0.2, 0.25) is 5.02 Å². The van der Waals surface area contributed by atoms with E-state index >= 15 is 0 Å². The van der Waals surface area contributed by atoms with Crippen molar-refractivity contribution in [3.63, 3.8) is 0 Å². The van der Waals surface area contributed by atoms with Crippen LogP contribution in [0.4, 0.5) is 4.79 Å². The molecule has 2 aromatic carbocycles.